The van der Waals surface area contributed by atoms with Gasteiger partial charge in [0, 0.05) is 11.9 Å². The van der Waals surface area contributed by atoms with E-state index in [1.807, 2.05) is 25.1 Å². The van der Waals surface area contributed by atoms with Crippen molar-refractivity contribution in [1.29, 1.82) is 0 Å². The molecule has 0 spiro atoms. The van der Waals surface area contributed by atoms with Crippen molar-refractivity contribution in [3.05, 3.63) is 71.9 Å². The largest absolute Gasteiger partial charge is 0.412 e. The molecular weight excluding hydrogens is 293 g/mol. The Morgan fingerprint density at radius 3 is 2.65 bits per heavy atom. The van der Waals surface area contributed by atoms with Gasteiger partial charge in [-0.1, -0.05) is 30.3 Å². The van der Waals surface area contributed by atoms with Gasteiger partial charge in [-0.3, -0.25) is 4.98 Å². The summed E-state index contributed by atoms with van der Waals surface area (Å²) in [4.78, 5) is 8.99. The van der Waals surface area contributed by atoms with Crippen LogP contribution >= 0.6 is 0 Å². The van der Waals surface area contributed by atoms with Gasteiger partial charge < -0.3 is 10.0 Å². The minimum absolute atomic E-state index is 0. The molecule has 0 aliphatic carbocycles. The van der Waals surface area contributed by atoms with Crippen LogP contribution in [-0.4, -0.2) is 20.0 Å². The Labute approximate surface area is 132 Å². The summed E-state index contributed by atoms with van der Waals surface area (Å²) in [6.07, 6.45) is 1.80. The first kappa shape index (κ1) is 15.1. The average Bonchev–Trinajstić information content (AvgIpc) is 2.94. The molecule has 0 bridgehead atoms. The number of aromatic nitrogens is 3. The SMILES string of the molecule is Cc1nc2ccc(F)cc2c2c1ncn2Cc1ccccc1.O. The molecule has 0 atom stereocenters. The second kappa shape index (κ2) is 5.78. The zero-order valence-electron chi connectivity index (χ0n) is 12.6. The Balaban J connectivity index is 0.00000156. The quantitative estimate of drug-likeness (QED) is 0.570. The van der Waals surface area contributed by atoms with Gasteiger partial charge in [0.25, 0.3) is 0 Å². The molecule has 116 valence electrons. The molecule has 0 amide bonds. The molecule has 0 aliphatic heterocycles. The summed E-state index contributed by atoms with van der Waals surface area (Å²) >= 11 is 0. The minimum atomic E-state index is -0.257. The molecule has 0 saturated carbocycles. The fourth-order valence-electron chi connectivity index (χ4n) is 2.86. The van der Waals surface area contributed by atoms with E-state index in [0.717, 1.165) is 27.6 Å². The molecule has 2 heterocycles. The van der Waals surface area contributed by atoms with Crippen LogP contribution in [0, 0.1) is 12.7 Å². The summed E-state index contributed by atoms with van der Waals surface area (Å²) in [5, 5.41) is 0.800. The normalized spacial score (nSPS) is 10.9. The summed E-state index contributed by atoms with van der Waals surface area (Å²) in [6, 6.07) is 14.9. The molecule has 2 aromatic carbocycles. The Morgan fingerprint density at radius 1 is 1.09 bits per heavy atom. The summed E-state index contributed by atoms with van der Waals surface area (Å²) in [7, 11) is 0. The zero-order chi connectivity index (χ0) is 15.1. The number of pyridine rings is 1. The third-order valence-corrected chi connectivity index (χ3v) is 3.88. The second-order valence-corrected chi connectivity index (χ2v) is 5.41. The van der Waals surface area contributed by atoms with Gasteiger partial charge in [0.2, 0.25) is 0 Å². The van der Waals surface area contributed by atoms with Gasteiger partial charge in [0.15, 0.2) is 0 Å². The fourth-order valence-corrected chi connectivity index (χ4v) is 2.86. The van der Waals surface area contributed by atoms with Crippen LogP contribution in [0.3, 0.4) is 0 Å². The second-order valence-electron chi connectivity index (χ2n) is 5.41. The van der Waals surface area contributed by atoms with Crippen molar-refractivity contribution >= 4 is 21.9 Å². The van der Waals surface area contributed by atoms with Crippen LogP contribution < -0.4 is 0 Å². The molecule has 0 fully saturated rings. The van der Waals surface area contributed by atoms with Gasteiger partial charge in [-0.15, -0.1) is 0 Å². The summed E-state index contributed by atoms with van der Waals surface area (Å²) < 4.78 is 15.7. The van der Waals surface area contributed by atoms with Gasteiger partial charge in [0.05, 0.1) is 23.1 Å². The number of benzene rings is 2. The number of halogens is 1. The van der Waals surface area contributed by atoms with Crippen LogP contribution in [0.1, 0.15) is 11.3 Å². The fraction of sp³-hybridized carbons (Fsp3) is 0.111. The van der Waals surface area contributed by atoms with Gasteiger partial charge >= 0.3 is 0 Å². The van der Waals surface area contributed by atoms with Crippen molar-refractivity contribution in [2.24, 2.45) is 0 Å². The highest BCUT2D eigenvalue weighted by Gasteiger charge is 2.12. The van der Waals surface area contributed by atoms with E-state index in [-0.39, 0.29) is 11.3 Å². The zero-order valence-corrected chi connectivity index (χ0v) is 12.6. The topological polar surface area (TPSA) is 62.2 Å². The van der Waals surface area contributed by atoms with Gasteiger partial charge in [-0.25, -0.2) is 9.37 Å². The number of rotatable bonds is 2. The predicted molar refractivity (Wildman–Crippen MR) is 88.9 cm³/mol. The number of nitrogens with zero attached hydrogens (tertiary/aromatic N) is 3. The predicted octanol–water partition coefficient (Wildman–Crippen LogP) is 3.26. The smallest absolute Gasteiger partial charge is 0.124 e. The highest BCUT2D eigenvalue weighted by Crippen LogP contribution is 2.26. The van der Waals surface area contributed by atoms with Gasteiger partial charge in [0.1, 0.15) is 11.3 Å². The van der Waals surface area contributed by atoms with Crippen molar-refractivity contribution in [3.63, 3.8) is 0 Å². The molecule has 0 saturated heterocycles. The number of fused-ring (bicyclic) bond motifs is 3. The van der Waals surface area contributed by atoms with Crippen molar-refractivity contribution in [3.8, 4) is 0 Å². The number of aryl methyl sites for hydroxylation is 1. The monoisotopic (exact) mass is 309 g/mol. The summed E-state index contributed by atoms with van der Waals surface area (Å²) in [5.41, 5.74) is 4.60. The van der Waals surface area contributed by atoms with E-state index in [2.05, 4.69) is 26.7 Å². The van der Waals surface area contributed by atoms with Crippen LogP contribution in [0.4, 0.5) is 4.39 Å². The minimum Gasteiger partial charge on any atom is -0.412 e. The molecule has 5 heteroatoms. The molecule has 23 heavy (non-hydrogen) atoms. The maximum Gasteiger partial charge on any atom is 0.124 e. The lowest BCUT2D eigenvalue weighted by atomic mass is 10.1. The lowest BCUT2D eigenvalue weighted by molar-refractivity contribution is 0.629. The van der Waals surface area contributed by atoms with Crippen molar-refractivity contribution in [1.82, 2.24) is 14.5 Å². The van der Waals surface area contributed by atoms with Crippen LogP contribution in [-0.2, 0) is 6.54 Å². The Morgan fingerprint density at radius 2 is 1.87 bits per heavy atom. The van der Waals surface area contributed by atoms with E-state index < -0.39 is 0 Å². The number of hydrogen-bond acceptors (Lipinski definition) is 2. The van der Waals surface area contributed by atoms with Crippen molar-refractivity contribution in [2.45, 2.75) is 13.5 Å². The van der Waals surface area contributed by atoms with Crippen LogP contribution in [0.15, 0.2) is 54.9 Å². The summed E-state index contributed by atoms with van der Waals surface area (Å²) in [5.74, 6) is -0.257. The van der Waals surface area contributed by atoms with E-state index in [4.69, 9.17) is 0 Å². The standard InChI is InChI=1S/C18H14FN3.H2O/c1-12-17-18(15-9-14(19)7-8-16(15)21-12)22(11-20-17)10-13-5-3-2-4-6-13;/h2-9,11H,10H2,1H3;1H2. The maximum absolute atomic E-state index is 13.7. The molecule has 4 aromatic rings. The van der Waals surface area contributed by atoms with Crippen molar-refractivity contribution in [2.75, 3.05) is 0 Å². The third-order valence-electron chi connectivity index (χ3n) is 3.88. The van der Waals surface area contributed by atoms with E-state index in [9.17, 15) is 4.39 Å². The lowest BCUT2D eigenvalue weighted by Crippen LogP contribution is -1.99. The highest BCUT2D eigenvalue weighted by molar-refractivity contribution is 6.03. The van der Waals surface area contributed by atoms with E-state index >= 15 is 0 Å². The van der Waals surface area contributed by atoms with Crippen LogP contribution in [0.2, 0.25) is 0 Å². The van der Waals surface area contributed by atoms with E-state index in [1.54, 1.807) is 12.4 Å². The number of hydrogen-bond donors (Lipinski definition) is 0. The Kier molecular flexibility index (Phi) is 3.80. The first-order chi connectivity index (χ1) is 10.7. The van der Waals surface area contributed by atoms with Crippen molar-refractivity contribution < 1.29 is 9.87 Å². The van der Waals surface area contributed by atoms with E-state index in [1.165, 1.54) is 17.7 Å². The summed E-state index contributed by atoms with van der Waals surface area (Å²) in [6.45, 7) is 2.64. The van der Waals surface area contributed by atoms with Crippen LogP contribution in [0.25, 0.3) is 21.9 Å². The molecule has 2 N–H and O–H groups in total. The van der Waals surface area contributed by atoms with Gasteiger partial charge in [-0.2, -0.15) is 0 Å². The molecule has 2 aromatic heterocycles. The Hall–Kier alpha value is -2.79. The first-order valence-electron chi connectivity index (χ1n) is 7.17. The highest BCUT2D eigenvalue weighted by atomic mass is 19.1. The molecular formula is C18H16FN3O. The molecule has 4 rings (SSSR count). The molecule has 0 aliphatic rings. The number of imidazole rings is 1. The average molecular weight is 309 g/mol. The molecule has 0 radical (unpaired) electrons. The first-order valence-corrected chi connectivity index (χ1v) is 7.17. The molecule has 0 unspecified atom stereocenters. The van der Waals surface area contributed by atoms with E-state index in [0.29, 0.717) is 6.54 Å². The lowest BCUT2D eigenvalue weighted by Gasteiger charge is -2.08. The van der Waals surface area contributed by atoms with Crippen LogP contribution in [0.5, 0.6) is 0 Å². The third kappa shape index (κ3) is 2.55. The maximum atomic E-state index is 13.7. The Bertz CT molecular complexity index is 980. The van der Waals surface area contributed by atoms with Gasteiger partial charge in [-0.05, 0) is 30.7 Å². The molecule has 4 nitrogen and oxygen atoms in total.